The molecule has 0 atom stereocenters. The molecule has 3 N–H and O–H groups in total. The van der Waals surface area contributed by atoms with Crippen molar-refractivity contribution >= 4 is 21.6 Å². The van der Waals surface area contributed by atoms with Crippen molar-refractivity contribution in [1.82, 2.24) is 5.32 Å². The van der Waals surface area contributed by atoms with Crippen LogP contribution in [0.5, 0.6) is 0 Å². The standard InChI is InChI=1S/C13H17N3O3S/c1-2-6-15-13(17)9-16-7-5-10-3-4-11(8-12(10)16)20(14,18)19/h2-4,8H,1,5-7,9H2,(H,15,17)(H2,14,18,19). The van der Waals surface area contributed by atoms with Crippen LogP contribution in [0.15, 0.2) is 35.7 Å². The highest BCUT2D eigenvalue weighted by atomic mass is 32.2. The second-order valence-corrected chi connectivity index (χ2v) is 6.16. The minimum absolute atomic E-state index is 0.0645. The number of rotatable bonds is 5. The Bertz CT molecular complexity index is 640. The molecule has 7 heteroatoms. The molecule has 0 saturated carbocycles. The second-order valence-electron chi connectivity index (χ2n) is 4.60. The van der Waals surface area contributed by atoms with Gasteiger partial charge >= 0.3 is 0 Å². The zero-order valence-corrected chi connectivity index (χ0v) is 11.8. The van der Waals surface area contributed by atoms with E-state index in [-0.39, 0.29) is 17.3 Å². The lowest BCUT2D eigenvalue weighted by Crippen LogP contribution is -2.36. The van der Waals surface area contributed by atoms with E-state index in [0.29, 0.717) is 13.1 Å². The third-order valence-electron chi connectivity index (χ3n) is 3.16. The monoisotopic (exact) mass is 295 g/mol. The maximum Gasteiger partial charge on any atom is 0.239 e. The Labute approximate surface area is 118 Å². The van der Waals surface area contributed by atoms with Gasteiger partial charge < -0.3 is 10.2 Å². The first-order valence-electron chi connectivity index (χ1n) is 6.20. The quantitative estimate of drug-likeness (QED) is 0.748. The molecule has 1 aromatic rings. The van der Waals surface area contributed by atoms with Gasteiger partial charge in [0.2, 0.25) is 15.9 Å². The summed E-state index contributed by atoms with van der Waals surface area (Å²) >= 11 is 0. The summed E-state index contributed by atoms with van der Waals surface area (Å²) in [6, 6.07) is 4.77. The van der Waals surface area contributed by atoms with E-state index in [1.165, 1.54) is 12.1 Å². The minimum atomic E-state index is -3.73. The Morgan fingerprint density at radius 2 is 2.25 bits per heavy atom. The minimum Gasteiger partial charge on any atom is -0.362 e. The summed E-state index contributed by atoms with van der Waals surface area (Å²) in [6.45, 7) is 4.82. The van der Waals surface area contributed by atoms with E-state index in [2.05, 4.69) is 11.9 Å². The van der Waals surface area contributed by atoms with Crippen LogP contribution in [0, 0.1) is 0 Å². The SMILES string of the molecule is C=CCNC(=O)CN1CCc2ccc(S(N)(=O)=O)cc21. The number of amides is 1. The lowest BCUT2D eigenvalue weighted by molar-refractivity contribution is -0.119. The molecule has 1 aliphatic rings. The number of sulfonamides is 1. The number of nitrogens with two attached hydrogens (primary N) is 1. The van der Waals surface area contributed by atoms with Gasteiger partial charge in [0.25, 0.3) is 0 Å². The average Bonchev–Trinajstić information content (AvgIpc) is 2.78. The molecule has 20 heavy (non-hydrogen) atoms. The van der Waals surface area contributed by atoms with Crippen LogP contribution in [0.3, 0.4) is 0 Å². The van der Waals surface area contributed by atoms with Crippen molar-refractivity contribution in [1.29, 1.82) is 0 Å². The van der Waals surface area contributed by atoms with Gasteiger partial charge in [-0.1, -0.05) is 12.1 Å². The fraction of sp³-hybridized carbons (Fsp3) is 0.308. The molecule has 0 aromatic heterocycles. The van der Waals surface area contributed by atoms with Gasteiger partial charge in [-0.15, -0.1) is 6.58 Å². The van der Waals surface area contributed by atoms with Crippen LogP contribution in [0.4, 0.5) is 5.69 Å². The molecule has 1 aromatic carbocycles. The molecule has 0 aliphatic carbocycles. The number of hydrogen-bond donors (Lipinski definition) is 2. The van der Waals surface area contributed by atoms with Crippen LogP contribution in [0.1, 0.15) is 5.56 Å². The predicted molar refractivity (Wildman–Crippen MR) is 76.9 cm³/mol. The molecule has 0 radical (unpaired) electrons. The highest BCUT2D eigenvalue weighted by Crippen LogP contribution is 2.29. The Kier molecular flexibility index (Phi) is 4.10. The number of nitrogens with zero attached hydrogens (tertiary/aromatic N) is 1. The molecule has 0 saturated heterocycles. The van der Waals surface area contributed by atoms with E-state index in [4.69, 9.17) is 5.14 Å². The van der Waals surface area contributed by atoms with Gasteiger partial charge in [0.15, 0.2) is 0 Å². The highest BCUT2D eigenvalue weighted by molar-refractivity contribution is 7.89. The third kappa shape index (κ3) is 3.17. The number of nitrogens with one attached hydrogen (secondary N) is 1. The lowest BCUT2D eigenvalue weighted by atomic mass is 10.2. The molecule has 0 spiro atoms. The Balaban J connectivity index is 2.19. The molecule has 0 fully saturated rings. The van der Waals surface area contributed by atoms with E-state index in [1.807, 2.05) is 4.90 Å². The van der Waals surface area contributed by atoms with E-state index in [9.17, 15) is 13.2 Å². The number of primary sulfonamides is 1. The molecule has 2 rings (SSSR count). The third-order valence-corrected chi connectivity index (χ3v) is 4.07. The van der Waals surface area contributed by atoms with Crippen molar-refractivity contribution in [2.45, 2.75) is 11.3 Å². The van der Waals surface area contributed by atoms with Crippen molar-refractivity contribution in [2.75, 3.05) is 24.5 Å². The zero-order valence-electron chi connectivity index (χ0n) is 11.0. The fourth-order valence-electron chi connectivity index (χ4n) is 2.18. The molecular weight excluding hydrogens is 278 g/mol. The van der Waals surface area contributed by atoms with Crippen LogP contribution in [0.25, 0.3) is 0 Å². The largest absolute Gasteiger partial charge is 0.362 e. The normalized spacial score (nSPS) is 13.9. The highest BCUT2D eigenvalue weighted by Gasteiger charge is 2.23. The number of carbonyl (C=O) groups excluding carboxylic acids is 1. The number of benzene rings is 1. The van der Waals surface area contributed by atoms with E-state index in [1.54, 1.807) is 12.1 Å². The summed E-state index contributed by atoms with van der Waals surface area (Å²) in [6.07, 6.45) is 2.39. The molecule has 1 aliphatic heterocycles. The number of hydrogen-bond acceptors (Lipinski definition) is 4. The van der Waals surface area contributed by atoms with Crippen LogP contribution < -0.4 is 15.4 Å². The van der Waals surface area contributed by atoms with Gasteiger partial charge in [0, 0.05) is 18.8 Å². The molecule has 1 amide bonds. The van der Waals surface area contributed by atoms with Gasteiger partial charge in [0.1, 0.15) is 0 Å². The second kappa shape index (κ2) is 5.64. The predicted octanol–water partition coefficient (Wildman–Crippen LogP) is -0.00130. The summed E-state index contributed by atoms with van der Waals surface area (Å²) in [4.78, 5) is 13.6. The summed E-state index contributed by atoms with van der Waals surface area (Å²) < 4.78 is 22.7. The first-order chi connectivity index (χ1) is 9.41. The Morgan fingerprint density at radius 3 is 2.90 bits per heavy atom. The first kappa shape index (κ1) is 14.5. The Morgan fingerprint density at radius 1 is 1.50 bits per heavy atom. The van der Waals surface area contributed by atoms with Gasteiger partial charge in [0.05, 0.1) is 11.4 Å². The zero-order chi connectivity index (χ0) is 14.8. The summed E-state index contributed by atoms with van der Waals surface area (Å²) in [5.41, 5.74) is 1.78. The average molecular weight is 295 g/mol. The van der Waals surface area contributed by atoms with Crippen molar-refractivity contribution in [2.24, 2.45) is 5.14 Å². The molecule has 108 valence electrons. The van der Waals surface area contributed by atoms with Crippen LogP contribution >= 0.6 is 0 Å². The van der Waals surface area contributed by atoms with E-state index < -0.39 is 10.0 Å². The summed E-state index contributed by atoms with van der Waals surface area (Å²) in [7, 11) is -3.73. The van der Waals surface area contributed by atoms with Crippen molar-refractivity contribution in [3.63, 3.8) is 0 Å². The van der Waals surface area contributed by atoms with E-state index >= 15 is 0 Å². The summed E-state index contributed by atoms with van der Waals surface area (Å²) in [5.74, 6) is -0.126. The molecule has 0 bridgehead atoms. The fourth-order valence-corrected chi connectivity index (χ4v) is 2.72. The van der Waals surface area contributed by atoms with Gasteiger partial charge in [-0.2, -0.15) is 0 Å². The van der Waals surface area contributed by atoms with Crippen LogP contribution in [-0.2, 0) is 21.2 Å². The van der Waals surface area contributed by atoms with Gasteiger partial charge in [-0.05, 0) is 24.1 Å². The lowest BCUT2D eigenvalue weighted by Gasteiger charge is -2.19. The first-order valence-corrected chi connectivity index (χ1v) is 7.74. The van der Waals surface area contributed by atoms with Crippen molar-refractivity contribution in [3.05, 3.63) is 36.4 Å². The van der Waals surface area contributed by atoms with Gasteiger partial charge in [-0.3, -0.25) is 4.79 Å². The van der Waals surface area contributed by atoms with E-state index in [0.717, 1.165) is 17.7 Å². The maximum absolute atomic E-state index is 11.7. The molecule has 0 unspecified atom stereocenters. The Hall–Kier alpha value is -1.86. The van der Waals surface area contributed by atoms with Crippen LogP contribution in [-0.4, -0.2) is 34.0 Å². The van der Waals surface area contributed by atoms with Crippen molar-refractivity contribution < 1.29 is 13.2 Å². The maximum atomic E-state index is 11.7. The van der Waals surface area contributed by atoms with Gasteiger partial charge in [-0.25, -0.2) is 13.6 Å². The number of carbonyl (C=O) groups is 1. The number of fused-ring (bicyclic) bond motifs is 1. The topological polar surface area (TPSA) is 92.5 Å². The molecular formula is C13H17N3O3S. The molecule has 6 nitrogen and oxygen atoms in total. The number of anilines is 1. The molecule has 1 heterocycles. The van der Waals surface area contributed by atoms with Crippen molar-refractivity contribution in [3.8, 4) is 0 Å². The summed E-state index contributed by atoms with van der Waals surface area (Å²) in [5, 5.41) is 7.82. The van der Waals surface area contributed by atoms with Crippen LogP contribution in [0.2, 0.25) is 0 Å². The smallest absolute Gasteiger partial charge is 0.239 e.